The molecule has 1 aromatic carbocycles. The summed E-state index contributed by atoms with van der Waals surface area (Å²) in [4.78, 5) is 38.9. The first-order valence-corrected chi connectivity index (χ1v) is 8.32. The summed E-state index contributed by atoms with van der Waals surface area (Å²) >= 11 is 0. The van der Waals surface area contributed by atoms with E-state index in [1.165, 1.54) is 18.3 Å². The second kappa shape index (κ2) is 7.82. The Labute approximate surface area is 158 Å². The molecule has 0 unspecified atom stereocenters. The van der Waals surface area contributed by atoms with Crippen LogP contribution in [0.25, 0.3) is 5.65 Å². The molecule has 0 aliphatic carbocycles. The van der Waals surface area contributed by atoms with Gasteiger partial charge in [0.2, 0.25) is 5.82 Å². The lowest BCUT2D eigenvalue weighted by Gasteiger charge is -2.09. The van der Waals surface area contributed by atoms with Crippen molar-refractivity contribution in [1.29, 1.82) is 0 Å². The van der Waals surface area contributed by atoms with E-state index in [0.717, 1.165) is 10.5 Å². The minimum Gasteiger partial charge on any atom is -0.362 e. The monoisotopic (exact) mass is 385 g/mol. The summed E-state index contributed by atoms with van der Waals surface area (Å²) < 4.78 is 14.6. The molecule has 3 rings (SSSR count). The number of anilines is 1. The maximum absolute atomic E-state index is 13.5. The smallest absolute Gasteiger partial charge is 0.362 e. The Kier molecular flexibility index (Phi) is 5.30. The van der Waals surface area contributed by atoms with Gasteiger partial charge in [-0.1, -0.05) is 12.1 Å². The molecule has 0 saturated heterocycles. The fourth-order valence-corrected chi connectivity index (χ4v) is 2.56. The van der Waals surface area contributed by atoms with Crippen molar-refractivity contribution >= 4 is 23.1 Å². The van der Waals surface area contributed by atoms with E-state index in [1.54, 1.807) is 25.1 Å². The lowest BCUT2D eigenvalue weighted by atomic mass is 10.1. The number of carbonyl (C=O) groups is 1. The Bertz CT molecular complexity index is 1130. The van der Waals surface area contributed by atoms with Crippen LogP contribution in [0.15, 0.2) is 47.4 Å². The molecular formula is C18H16FN5O4. The molecule has 0 aliphatic heterocycles. The highest BCUT2D eigenvalue weighted by Crippen LogP contribution is 2.17. The molecule has 0 aliphatic rings. The van der Waals surface area contributed by atoms with Gasteiger partial charge >= 0.3 is 11.2 Å². The van der Waals surface area contributed by atoms with Gasteiger partial charge in [-0.3, -0.25) is 24.1 Å². The number of pyridine rings is 1. The Morgan fingerprint density at radius 2 is 2.07 bits per heavy atom. The molecule has 28 heavy (non-hydrogen) atoms. The van der Waals surface area contributed by atoms with Crippen LogP contribution in [-0.2, 0) is 0 Å². The summed E-state index contributed by atoms with van der Waals surface area (Å²) in [5, 5.41) is 16.5. The number of nitro groups is 1. The second-order valence-corrected chi connectivity index (χ2v) is 5.95. The predicted octanol–water partition coefficient (Wildman–Crippen LogP) is 1.89. The summed E-state index contributed by atoms with van der Waals surface area (Å²) in [7, 11) is 0. The fraction of sp³-hybridized carbons (Fsp3) is 0.167. The summed E-state index contributed by atoms with van der Waals surface area (Å²) in [6, 6.07) is 8.89. The average Bonchev–Trinajstić information content (AvgIpc) is 2.67. The second-order valence-electron chi connectivity index (χ2n) is 5.95. The van der Waals surface area contributed by atoms with Crippen molar-refractivity contribution in [2.45, 2.75) is 6.92 Å². The maximum Gasteiger partial charge on any atom is 0.376 e. The van der Waals surface area contributed by atoms with Crippen LogP contribution in [0.5, 0.6) is 0 Å². The van der Waals surface area contributed by atoms with E-state index >= 15 is 0 Å². The van der Waals surface area contributed by atoms with E-state index in [2.05, 4.69) is 15.6 Å². The van der Waals surface area contributed by atoms with Gasteiger partial charge in [0.15, 0.2) is 0 Å². The molecule has 3 aromatic rings. The van der Waals surface area contributed by atoms with E-state index in [0.29, 0.717) is 5.56 Å². The number of nitrogens with one attached hydrogen (secondary N) is 2. The number of benzene rings is 1. The lowest BCUT2D eigenvalue weighted by molar-refractivity contribution is -0.385. The van der Waals surface area contributed by atoms with Crippen molar-refractivity contribution in [3.05, 3.63) is 80.0 Å². The number of aromatic nitrogens is 2. The first-order chi connectivity index (χ1) is 13.4. The summed E-state index contributed by atoms with van der Waals surface area (Å²) in [6.07, 6.45) is 1.39. The first-order valence-electron chi connectivity index (χ1n) is 8.32. The Morgan fingerprint density at radius 1 is 1.29 bits per heavy atom. The molecule has 0 atom stereocenters. The van der Waals surface area contributed by atoms with Crippen molar-refractivity contribution in [2.24, 2.45) is 0 Å². The molecule has 1 amide bonds. The van der Waals surface area contributed by atoms with E-state index < -0.39 is 27.9 Å². The molecule has 0 fully saturated rings. The third-order valence-corrected chi connectivity index (χ3v) is 4.03. The molecule has 2 heterocycles. The molecule has 10 heteroatoms. The molecule has 144 valence electrons. The molecule has 0 saturated carbocycles. The highest BCUT2D eigenvalue weighted by Gasteiger charge is 2.23. The third kappa shape index (κ3) is 3.80. The molecule has 9 nitrogen and oxygen atoms in total. The molecule has 2 N–H and O–H groups in total. The summed E-state index contributed by atoms with van der Waals surface area (Å²) in [5.41, 5.74) is -0.650. The van der Waals surface area contributed by atoms with Gasteiger partial charge in [0.25, 0.3) is 5.91 Å². The number of amides is 1. The normalized spacial score (nSPS) is 10.6. The zero-order valence-electron chi connectivity index (χ0n) is 14.8. The number of halogens is 1. The minimum absolute atomic E-state index is 0.0797. The summed E-state index contributed by atoms with van der Waals surface area (Å²) in [6.45, 7) is 1.75. The van der Waals surface area contributed by atoms with Crippen LogP contribution in [-0.4, -0.2) is 33.3 Å². The van der Waals surface area contributed by atoms with Gasteiger partial charge in [-0.05, 0) is 36.8 Å². The number of hydrogen-bond acceptors (Lipinski definition) is 6. The quantitative estimate of drug-likeness (QED) is 0.380. The van der Waals surface area contributed by atoms with E-state index in [-0.39, 0.29) is 30.1 Å². The summed E-state index contributed by atoms with van der Waals surface area (Å²) in [5.74, 6) is -1.15. The molecule has 0 radical (unpaired) electrons. The van der Waals surface area contributed by atoms with Crippen molar-refractivity contribution in [2.75, 3.05) is 18.4 Å². The van der Waals surface area contributed by atoms with Crippen LogP contribution in [0.3, 0.4) is 0 Å². The lowest BCUT2D eigenvalue weighted by Crippen LogP contribution is -2.30. The van der Waals surface area contributed by atoms with Gasteiger partial charge in [-0.15, -0.1) is 0 Å². The van der Waals surface area contributed by atoms with Crippen LogP contribution in [0.4, 0.5) is 15.9 Å². The standard InChI is InChI=1S/C18H16FN5O4/c1-11-5-6-12(10-13(11)19)17(25)21-8-7-20-16-15(24(27)28)18(26)23-9-3-2-4-14(23)22-16/h2-6,9-10,20H,7-8H2,1H3,(H,21,25). The van der Waals surface area contributed by atoms with Gasteiger partial charge in [-0.2, -0.15) is 0 Å². The number of carbonyl (C=O) groups excluding carboxylic acids is 1. The molecule has 0 spiro atoms. The highest BCUT2D eigenvalue weighted by atomic mass is 19.1. The largest absolute Gasteiger partial charge is 0.376 e. The molecule has 2 aromatic heterocycles. The average molecular weight is 385 g/mol. The van der Waals surface area contributed by atoms with Crippen molar-refractivity contribution in [3.63, 3.8) is 0 Å². The number of fused-ring (bicyclic) bond motifs is 1. The third-order valence-electron chi connectivity index (χ3n) is 4.03. The van der Waals surface area contributed by atoms with E-state index in [9.17, 15) is 24.1 Å². The van der Waals surface area contributed by atoms with Gasteiger partial charge < -0.3 is 10.6 Å². The highest BCUT2D eigenvalue weighted by molar-refractivity contribution is 5.94. The van der Waals surface area contributed by atoms with Crippen molar-refractivity contribution in [1.82, 2.24) is 14.7 Å². The predicted molar refractivity (Wildman–Crippen MR) is 100 cm³/mol. The molecular weight excluding hydrogens is 369 g/mol. The van der Waals surface area contributed by atoms with Crippen LogP contribution >= 0.6 is 0 Å². The van der Waals surface area contributed by atoms with E-state index in [1.807, 2.05) is 0 Å². The number of aryl methyl sites for hydroxylation is 1. The fourth-order valence-electron chi connectivity index (χ4n) is 2.56. The van der Waals surface area contributed by atoms with Crippen molar-refractivity contribution < 1.29 is 14.1 Å². The van der Waals surface area contributed by atoms with Crippen LogP contribution in [0, 0.1) is 22.9 Å². The topological polar surface area (TPSA) is 119 Å². The van der Waals surface area contributed by atoms with Gasteiger partial charge in [0.1, 0.15) is 11.5 Å². The number of nitrogens with zero attached hydrogens (tertiary/aromatic N) is 3. The maximum atomic E-state index is 13.5. The molecule has 0 bridgehead atoms. The zero-order chi connectivity index (χ0) is 20.3. The number of hydrogen-bond donors (Lipinski definition) is 2. The van der Waals surface area contributed by atoms with Gasteiger partial charge in [-0.25, -0.2) is 9.37 Å². The Morgan fingerprint density at radius 3 is 2.79 bits per heavy atom. The van der Waals surface area contributed by atoms with Gasteiger partial charge in [0, 0.05) is 24.8 Å². The first kappa shape index (κ1) is 19.0. The van der Waals surface area contributed by atoms with Crippen molar-refractivity contribution in [3.8, 4) is 0 Å². The number of rotatable bonds is 6. The van der Waals surface area contributed by atoms with Crippen LogP contribution in [0.1, 0.15) is 15.9 Å². The Balaban J connectivity index is 1.70. The zero-order valence-corrected chi connectivity index (χ0v) is 14.8. The van der Waals surface area contributed by atoms with Crippen LogP contribution < -0.4 is 16.2 Å². The SMILES string of the molecule is Cc1ccc(C(=O)NCCNc2nc3ccccn3c(=O)c2[N+](=O)[O-])cc1F. The minimum atomic E-state index is -0.808. The van der Waals surface area contributed by atoms with Gasteiger partial charge in [0.05, 0.1) is 4.92 Å². The van der Waals surface area contributed by atoms with E-state index in [4.69, 9.17) is 0 Å². The van der Waals surface area contributed by atoms with Crippen LogP contribution in [0.2, 0.25) is 0 Å². The Hall–Kier alpha value is -3.82.